The number of imidazole rings is 1. The van der Waals surface area contributed by atoms with E-state index in [2.05, 4.69) is 25.3 Å². The van der Waals surface area contributed by atoms with Crippen molar-refractivity contribution in [1.82, 2.24) is 29.8 Å². The Hall–Kier alpha value is -3.95. The number of rotatable bonds is 4. The first-order valence-electron chi connectivity index (χ1n) is 8.79. The molecule has 1 aromatic carbocycles. The van der Waals surface area contributed by atoms with Crippen LogP contribution in [-0.4, -0.2) is 37.5 Å². The van der Waals surface area contributed by atoms with E-state index in [4.69, 9.17) is 4.74 Å². The molecule has 0 radical (unpaired) electrons. The summed E-state index contributed by atoms with van der Waals surface area (Å²) < 4.78 is 6.39. The molecule has 0 saturated carbocycles. The van der Waals surface area contributed by atoms with Gasteiger partial charge in [-0.2, -0.15) is 0 Å². The average Bonchev–Trinajstić information content (AvgIpc) is 3.11. The molecule has 148 valence electrons. The number of methoxy groups -OCH3 is 1. The maximum atomic E-state index is 12.8. The van der Waals surface area contributed by atoms with Crippen molar-refractivity contribution >= 4 is 28.0 Å². The number of aryl methyl sites for hydroxylation is 2. The minimum Gasteiger partial charge on any atom is -0.497 e. The monoisotopic (exact) mass is 394 g/mol. The Morgan fingerprint density at radius 3 is 2.76 bits per heavy atom. The van der Waals surface area contributed by atoms with E-state index in [1.807, 2.05) is 12.1 Å². The fourth-order valence-electron chi connectivity index (χ4n) is 3.15. The number of H-pyrrole nitrogens is 2. The number of ether oxygens (including phenoxy) is 1. The number of hydrogen-bond donors (Lipinski definition) is 3. The number of carbonyl (C=O) groups is 1. The predicted molar refractivity (Wildman–Crippen MR) is 106 cm³/mol. The molecule has 29 heavy (non-hydrogen) atoms. The second-order valence-corrected chi connectivity index (χ2v) is 6.58. The highest BCUT2D eigenvalue weighted by Gasteiger charge is 2.18. The molecule has 0 bridgehead atoms. The van der Waals surface area contributed by atoms with Crippen molar-refractivity contribution in [2.75, 3.05) is 7.11 Å². The number of carbonyl (C=O) groups excluding carboxylic acids is 1. The number of aromatic amines is 2. The van der Waals surface area contributed by atoms with E-state index in [-0.39, 0.29) is 23.1 Å². The number of fused-ring (bicyclic) bond motifs is 2. The van der Waals surface area contributed by atoms with E-state index in [0.717, 1.165) is 11.0 Å². The van der Waals surface area contributed by atoms with E-state index >= 15 is 0 Å². The largest absolute Gasteiger partial charge is 0.497 e. The van der Waals surface area contributed by atoms with Crippen molar-refractivity contribution in [2.24, 2.45) is 7.05 Å². The highest BCUT2D eigenvalue weighted by molar-refractivity contribution is 6.05. The Morgan fingerprint density at radius 1 is 1.21 bits per heavy atom. The highest BCUT2D eigenvalue weighted by Crippen LogP contribution is 2.19. The summed E-state index contributed by atoms with van der Waals surface area (Å²) in [7, 11) is 3.06. The summed E-state index contributed by atoms with van der Waals surface area (Å²) in [5.41, 5.74) is 1.08. The minimum atomic E-state index is -0.656. The van der Waals surface area contributed by atoms with Crippen molar-refractivity contribution < 1.29 is 9.53 Å². The van der Waals surface area contributed by atoms with E-state index in [1.54, 1.807) is 20.1 Å². The summed E-state index contributed by atoms with van der Waals surface area (Å²) in [4.78, 5) is 50.9. The molecule has 1 amide bonds. The lowest BCUT2D eigenvalue weighted by molar-refractivity contribution is 0.0951. The first-order chi connectivity index (χ1) is 13.9. The molecule has 0 aliphatic heterocycles. The van der Waals surface area contributed by atoms with E-state index < -0.39 is 17.2 Å². The van der Waals surface area contributed by atoms with Crippen LogP contribution in [-0.2, 0) is 13.6 Å². The lowest BCUT2D eigenvalue weighted by Crippen LogP contribution is -2.32. The highest BCUT2D eigenvalue weighted by atomic mass is 16.5. The van der Waals surface area contributed by atoms with Crippen LogP contribution in [0.5, 0.6) is 5.75 Å². The molecule has 0 saturated heterocycles. The average molecular weight is 394 g/mol. The quantitative estimate of drug-likeness (QED) is 0.467. The summed E-state index contributed by atoms with van der Waals surface area (Å²) in [6.07, 6.45) is 0. The lowest BCUT2D eigenvalue weighted by Gasteiger charge is -2.09. The fraction of sp³-hybridized carbons (Fsp3) is 0.211. The van der Waals surface area contributed by atoms with Gasteiger partial charge < -0.3 is 15.0 Å². The Balaban J connectivity index is 1.67. The van der Waals surface area contributed by atoms with E-state index in [0.29, 0.717) is 17.3 Å². The number of benzene rings is 1. The number of nitrogens with zero attached hydrogens (tertiary/aromatic N) is 3. The van der Waals surface area contributed by atoms with Crippen LogP contribution in [0.2, 0.25) is 0 Å². The smallest absolute Gasteiger partial charge is 0.329 e. The molecule has 3 N–H and O–H groups in total. The number of nitrogens with one attached hydrogen (secondary N) is 3. The SMILES string of the molecule is COc1ccc2nc(CNC(=O)c3cc(C)nc4c3c(=O)[nH]c(=O)n4C)[nH]c2c1. The molecule has 0 aliphatic rings. The third kappa shape index (κ3) is 3.24. The van der Waals surface area contributed by atoms with Crippen LogP contribution >= 0.6 is 0 Å². The minimum absolute atomic E-state index is 0.0598. The summed E-state index contributed by atoms with van der Waals surface area (Å²) >= 11 is 0. The van der Waals surface area contributed by atoms with Crippen LogP contribution in [0.3, 0.4) is 0 Å². The van der Waals surface area contributed by atoms with E-state index in [1.165, 1.54) is 17.7 Å². The zero-order chi connectivity index (χ0) is 20.7. The van der Waals surface area contributed by atoms with Gasteiger partial charge in [0.15, 0.2) is 0 Å². The molecular formula is C19H18N6O4. The van der Waals surface area contributed by atoms with E-state index in [9.17, 15) is 14.4 Å². The van der Waals surface area contributed by atoms with Gasteiger partial charge in [-0.3, -0.25) is 19.1 Å². The molecule has 10 nitrogen and oxygen atoms in total. The second-order valence-electron chi connectivity index (χ2n) is 6.58. The first-order valence-corrected chi connectivity index (χ1v) is 8.79. The summed E-state index contributed by atoms with van der Waals surface area (Å²) in [6.45, 7) is 1.82. The van der Waals surface area contributed by atoms with Gasteiger partial charge in [0, 0.05) is 18.8 Å². The summed E-state index contributed by atoms with van der Waals surface area (Å²) in [5.74, 6) is 0.779. The van der Waals surface area contributed by atoms with Crippen molar-refractivity contribution in [2.45, 2.75) is 13.5 Å². The third-order valence-corrected chi connectivity index (χ3v) is 4.60. The molecule has 4 aromatic rings. The molecule has 3 heterocycles. The molecule has 4 rings (SSSR count). The van der Waals surface area contributed by atoms with Gasteiger partial charge in [-0.25, -0.2) is 14.8 Å². The maximum absolute atomic E-state index is 12.8. The van der Waals surface area contributed by atoms with Gasteiger partial charge in [0.25, 0.3) is 11.5 Å². The molecular weight excluding hydrogens is 376 g/mol. The zero-order valence-corrected chi connectivity index (χ0v) is 16.0. The lowest BCUT2D eigenvalue weighted by atomic mass is 10.1. The van der Waals surface area contributed by atoms with Crippen molar-refractivity contribution in [3.63, 3.8) is 0 Å². The molecule has 0 fully saturated rings. The normalized spacial score (nSPS) is 11.1. The predicted octanol–water partition coefficient (Wildman–Crippen LogP) is 0.745. The van der Waals surface area contributed by atoms with Gasteiger partial charge in [0.1, 0.15) is 17.2 Å². The fourth-order valence-corrected chi connectivity index (χ4v) is 3.15. The molecule has 0 spiro atoms. The summed E-state index contributed by atoms with van der Waals surface area (Å²) in [6, 6.07) is 6.94. The van der Waals surface area contributed by atoms with Gasteiger partial charge in [0.05, 0.1) is 35.6 Å². The van der Waals surface area contributed by atoms with Crippen molar-refractivity contribution in [1.29, 1.82) is 0 Å². The standard InChI is InChI=1S/C19H18N6O4/c1-9-6-11(15-16(21-9)25(2)19(28)24-18(15)27)17(26)20-8-14-22-12-5-4-10(29-3)7-13(12)23-14/h4-7H,8H2,1-3H3,(H,20,26)(H,22,23)(H,24,27,28). The van der Waals surface area contributed by atoms with Gasteiger partial charge in [-0.05, 0) is 25.1 Å². The molecule has 0 atom stereocenters. The maximum Gasteiger partial charge on any atom is 0.329 e. The molecule has 0 aliphatic carbocycles. The van der Waals surface area contributed by atoms with Gasteiger partial charge in [0.2, 0.25) is 0 Å². The van der Waals surface area contributed by atoms with Crippen LogP contribution < -0.4 is 21.3 Å². The molecule has 0 unspecified atom stereocenters. The Labute approximate surface area is 163 Å². The zero-order valence-electron chi connectivity index (χ0n) is 16.0. The second kappa shape index (κ2) is 6.89. The number of hydrogen-bond acceptors (Lipinski definition) is 6. The Morgan fingerprint density at radius 2 is 2.00 bits per heavy atom. The molecule has 3 aromatic heterocycles. The van der Waals surface area contributed by atoms with Crippen LogP contribution in [0, 0.1) is 6.92 Å². The van der Waals surface area contributed by atoms with Gasteiger partial charge in [-0.1, -0.05) is 0 Å². The van der Waals surface area contributed by atoms with Crippen molar-refractivity contribution in [3.8, 4) is 5.75 Å². The molecule has 10 heteroatoms. The Bertz CT molecular complexity index is 1380. The van der Waals surface area contributed by atoms with Crippen molar-refractivity contribution in [3.05, 3.63) is 62.2 Å². The Kier molecular flexibility index (Phi) is 4.38. The number of pyridine rings is 1. The van der Waals surface area contributed by atoms with Gasteiger partial charge in [-0.15, -0.1) is 0 Å². The first kappa shape index (κ1) is 18.4. The van der Waals surface area contributed by atoms with Crippen LogP contribution in [0.25, 0.3) is 22.1 Å². The van der Waals surface area contributed by atoms with Gasteiger partial charge >= 0.3 is 5.69 Å². The van der Waals surface area contributed by atoms with Crippen LogP contribution in [0.4, 0.5) is 0 Å². The van der Waals surface area contributed by atoms with Crippen LogP contribution in [0.1, 0.15) is 21.9 Å². The third-order valence-electron chi connectivity index (χ3n) is 4.60. The van der Waals surface area contributed by atoms with Crippen LogP contribution in [0.15, 0.2) is 33.9 Å². The number of aromatic nitrogens is 5. The summed E-state index contributed by atoms with van der Waals surface area (Å²) in [5, 5.41) is 2.81. The number of amides is 1. The topological polar surface area (TPSA) is 135 Å².